The zero-order valence-corrected chi connectivity index (χ0v) is 26.0. The number of rotatable bonds is 4. The molecule has 4 heteroatoms. The molecule has 218 valence electrons. The second-order valence-corrected chi connectivity index (χ2v) is 13.0. The van der Waals surface area contributed by atoms with Gasteiger partial charge in [0, 0.05) is 42.4 Å². The van der Waals surface area contributed by atoms with Crippen molar-refractivity contribution >= 4 is 42.3 Å². The second-order valence-electron chi connectivity index (χ2n) is 11.9. The Kier molecular flexibility index (Phi) is 5.74. The first-order chi connectivity index (χ1) is 23.3. The molecule has 0 spiro atoms. The van der Waals surface area contributed by atoms with E-state index in [1.165, 1.54) is 58.8 Å². The summed E-state index contributed by atoms with van der Waals surface area (Å²) < 4.78 is 2.57. The van der Waals surface area contributed by atoms with Gasteiger partial charge in [0.15, 0.2) is 17.5 Å². The largest absolute Gasteiger partial charge is 0.208 e. The van der Waals surface area contributed by atoms with Crippen LogP contribution < -0.4 is 0 Å². The molecule has 0 atom stereocenters. The monoisotopic (exact) mass is 615 g/mol. The number of benzene rings is 7. The molecule has 1 aliphatic carbocycles. The van der Waals surface area contributed by atoms with E-state index in [2.05, 4.69) is 115 Å². The van der Waals surface area contributed by atoms with Crippen LogP contribution in [0.1, 0.15) is 0 Å². The van der Waals surface area contributed by atoms with Gasteiger partial charge >= 0.3 is 0 Å². The highest BCUT2D eigenvalue weighted by Gasteiger charge is 2.29. The molecule has 9 aromatic rings. The van der Waals surface area contributed by atoms with Crippen molar-refractivity contribution in [2.45, 2.75) is 0 Å². The molecule has 0 bridgehead atoms. The van der Waals surface area contributed by atoms with Crippen LogP contribution in [0.5, 0.6) is 0 Å². The van der Waals surface area contributed by atoms with Gasteiger partial charge in [-0.25, -0.2) is 15.0 Å². The summed E-state index contributed by atoms with van der Waals surface area (Å²) in [7, 11) is 0. The van der Waals surface area contributed by atoms with Gasteiger partial charge in [-0.2, -0.15) is 0 Å². The highest BCUT2D eigenvalue weighted by molar-refractivity contribution is 7.26. The first-order valence-electron chi connectivity index (χ1n) is 15.8. The molecule has 10 rings (SSSR count). The van der Waals surface area contributed by atoms with Crippen LogP contribution in [-0.2, 0) is 0 Å². The Morgan fingerprint density at radius 2 is 0.936 bits per heavy atom. The van der Waals surface area contributed by atoms with Gasteiger partial charge in [-0.05, 0) is 50.7 Å². The molecule has 0 aliphatic heterocycles. The molecule has 2 heterocycles. The fourth-order valence-electron chi connectivity index (χ4n) is 7.25. The zero-order chi connectivity index (χ0) is 30.9. The fourth-order valence-corrected chi connectivity index (χ4v) is 8.40. The Labute approximate surface area is 275 Å². The smallest absolute Gasteiger partial charge is 0.164 e. The summed E-state index contributed by atoms with van der Waals surface area (Å²) in [6.07, 6.45) is 0. The van der Waals surface area contributed by atoms with E-state index in [4.69, 9.17) is 15.0 Å². The lowest BCUT2D eigenvalue weighted by atomic mass is 9.87. The van der Waals surface area contributed by atoms with E-state index < -0.39 is 0 Å². The van der Waals surface area contributed by atoms with Crippen LogP contribution in [0.2, 0.25) is 0 Å². The Hall–Kier alpha value is -5.97. The van der Waals surface area contributed by atoms with Crippen LogP contribution in [0.15, 0.2) is 152 Å². The molecule has 3 nitrogen and oxygen atoms in total. The minimum absolute atomic E-state index is 0.658. The first-order valence-corrected chi connectivity index (χ1v) is 16.6. The average molecular weight is 616 g/mol. The van der Waals surface area contributed by atoms with Crippen LogP contribution >= 0.6 is 11.3 Å². The van der Waals surface area contributed by atoms with Crippen molar-refractivity contribution in [2.75, 3.05) is 0 Å². The number of thiophene rings is 1. The topological polar surface area (TPSA) is 38.7 Å². The van der Waals surface area contributed by atoms with Crippen LogP contribution in [-0.4, -0.2) is 15.0 Å². The molecule has 2 aromatic heterocycles. The lowest BCUT2D eigenvalue weighted by Gasteiger charge is -2.17. The van der Waals surface area contributed by atoms with Crippen molar-refractivity contribution in [2.24, 2.45) is 0 Å². The summed E-state index contributed by atoms with van der Waals surface area (Å²) >= 11 is 1.86. The van der Waals surface area contributed by atoms with Gasteiger partial charge in [0.05, 0.1) is 0 Å². The molecule has 0 N–H and O–H groups in total. The number of nitrogens with zero attached hydrogens (tertiary/aromatic N) is 3. The van der Waals surface area contributed by atoms with Crippen LogP contribution in [0.4, 0.5) is 0 Å². The molecule has 0 fully saturated rings. The molecule has 1 aliphatic rings. The predicted octanol–water partition coefficient (Wildman–Crippen LogP) is 11.7. The van der Waals surface area contributed by atoms with Crippen molar-refractivity contribution < 1.29 is 0 Å². The third kappa shape index (κ3) is 4.02. The lowest BCUT2D eigenvalue weighted by molar-refractivity contribution is 1.07. The van der Waals surface area contributed by atoms with Gasteiger partial charge in [0.1, 0.15) is 0 Å². The van der Waals surface area contributed by atoms with E-state index in [0.717, 1.165) is 22.3 Å². The van der Waals surface area contributed by atoms with E-state index in [-0.39, 0.29) is 0 Å². The van der Waals surface area contributed by atoms with E-state index in [9.17, 15) is 0 Å². The minimum Gasteiger partial charge on any atom is -0.208 e. The Balaban J connectivity index is 1.32. The van der Waals surface area contributed by atoms with Gasteiger partial charge in [0.25, 0.3) is 0 Å². The van der Waals surface area contributed by atoms with Crippen molar-refractivity contribution in [1.29, 1.82) is 0 Å². The predicted molar refractivity (Wildman–Crippen MR) is 196 cm³/mol. The SMILES string of the molecule is c1ccc(-c2nc(-c3ccccc3)nc(-c3ccccc3-c3c4c(cc5sc6ccccc6c35)-c3cccc5cccc-4c35)n2)cc1. The van der Waals surface area contributed by atoms with Crippen LogP contribution in [0.25, 0.3) is 98.5 Å². The number of aromatic nitrogens is 3. The Bertz CT molecular complexity index is 2610. The zero-order valence-electron chi connectivity index (χ0n) is 25.2. The van der Waals surface area contributed by atoms with E-state index in [0.29, 0.717) is 17.5 Å². The maximum Gasteiger partial charge on any atom is 0.164 e. The van der Waals surface area contributed by atoms with Gasteiger partial charge in [-0.15, -0.1) is 11.3 Å². The number of hydrogen-bond acceptors (Lipinski definition) is 4. The molecular formula is C43H25N3S. The first kappa shape index (κ1) is 26.3. The molecule has 0 amide bonds. The van der Waals surface area contributed by atoms with Crippen molar-refractivity contribution in [3.05, 3.63) is 152 Å². The summed E-state index contributed by atoms with van der Waals surface area (Å²) in [6, 6.07) is 53.6. The van der Waals surface area contributed by atoms with Gasteiger partial charge in [-0.1, -0.05) is 140 Å². The molecule has 0 radical (unpaired) electrons. The Morgan fingerprint density at radius 3 is 1.66 bits per heavy atom. The van der Waals surface area contributed by atoms with Crippen LogP contribution in [0, 0.1) is 0 Å². The number of fused-ring (bicyclic) bond motifs is 6. The molecule has 0 unspecified atom stereocenters. The van der Waals surface area contributed by atoms with Gasteiger partial charge in [0.2, 0.25) is 0 Å². The standard InChI is InChI=1S/C43H25N3S/c1-3-13-27(14-4-1)41-44-42(28-15-5-2-6-16-28)46-43(45-41)31-20-8-7-19-29(31)40-38-33-23-12-18-26-17-11-22-30(37(26)33)34(38)25-36-39(40)32-21-9-10-24-35(32)47-36/h1-25H. The van der Waals surface area contributed by atoms with Gasteiger partial charge < -0.3 is 0 Å². The fraction of sp³-hybridized carbons (Fsp3) is 0. The van der Waals surface area contributed by atoms with E-state index in [1.807, 2.05) is 47.7 Å². The molecule has 7 aromatic carbocycles. The quantitative estimate of drug-likeness (QED) is 0.198. The highest BCUT2D eigenvalue weighted by atomic mass is 32.1. The summed E-state index contributed by atoms with van der Waals surface area (Å²) in [4.78, 5) is 15.3. The molecule has 47 heavy (non-hydrogen) atoms. The second kappa shape index (κ2) is 10.3. The minimum atomic E-state index is 0.658. The third-order valence-electron chi connectivity index (χ3n) is 9.27. The van der Waals surface area contributed by atoms with E-state index >= 15 is 0 Å². The molecule has 0 saturated carbocycles. The molecular weight excluding hydrogens is 591 g/mol. The summed E-state index contributed by atoms with van der Waals surface area (Å²) in [6.45, 7) is 0. The van der Waals surface area contributed by atoms with Crippen LogP contribution in [0.3, 0.4) is 0 Å². The number of hydrogen-bond donors (Lipinski definition) is 0. The third-order valence-corrected chi connectivity index (χ3v) is 10.4. The van der Waals surface area contributed by atoms with Crippen molar-refractivity contribution in [3.8, 4) is 67.5 Å². The maximum atomic E-state index is 5.17. The van der Waals surface area contributed by atoms with E-state index in [1.54, 1.807) is 0 Å². The highest BCUT2D eigenvalue weighted by Crippen LogP contribution is 2.56. The Morgan fingerprint density at radius 1 is 0.362 bits per heavy atom. The average Bonchev–Trinajstić information content (AvgIpc) is 3.68. The maximum absolute atomic E-state index is 5.17. The molecule has 0 saturated heterocycles. The lowest BCUT2D eigenvalue weighted by Crippen LogP contribution is -2.01. The summed E-state index contributed by atoms with van der Waals surface area (Å²) in [5, 5.41) is 5.14. The van der Waals surface area contributed by atoms with Crippen molar-refractivity contribution in [3.63, 3.8) is 0 Å². The van der Waals surface area contributed by atoms with Gasteiger partial charge in [-0.3, -0.25) is 0 Å². The summed E-state index contributed by atoms with van der Waals surface area (Å²) in [5.74, 6) is 1.98. The summed E-state index contributed by atoms with van der Waals surface area (Å²) in [5.41, 5.74) is 10.4. The normalized spacial score (nSPS) is 11.8. The van der Waals surface area contributed by atoms with Crippen molar-refractivity contribution in [1.82, 2.24) is 15.0 Å².